The molecular formula is C24H28N2O5S. The third-order valence-electron chi connectivity index (χ3n) is 5.87. The van der Waals surface area contributed by atoms with E-state index in [1.165, 1.54) is 0 Å². The van der Waals surface area contributed by atoms with Crippen LogP contribution in [0.3, 0.4) is 0 Å². The fourth-order valence-electron chi connectivity index (χ4n) is 4.06. The number of piperazine rings is 1. The van der Waals surface area contributed by atoms with Gasteiger partial charge in [-0.1, -0.05) is 30.3 Å². The van der Waals surface area contributed by atoms with Gasteiger partial charge in [0.05, 0.1) is 26.2 Å². The van der Waals surface area contributed by atoms with Gasteiger partial charge >= 0.3 is 0 Å². The number of hydrogen-bond donors (Lipinski definition) is 0. The molecule has 0 bridgehead atoms. The van der Waals surface area contributed by atoms with Crippen LogP contribution in [-0.4, -0.2) is 65.1 Å². The average Bonchev–Trinajstić information content (AvgIpc) is 2.83. The molecule has 0 unspecified atom stereocenters. The van der Waals surface area contributed by atoms with Crippen molar-refractivity contribution in [2.45, 2.75) is 11.4 Å². The number of nitrogens with zero attached hydrogens (tertiary/aromatic N) is 2. The first-order valence-electron chi connectivity index (χ1n) is 10.5. The third kappa shape index (κ3) is 4.39. The lowest BCUT2D eigenvalue weighted by Crippen LogP contribution is -2.48. The highest BCUT2D eigenvalue weighted by Crippen LogP contribution is 2.35. The smallest absolute Gasteiger partial charge is 0.243 e. The topological polar surface area (TPSA) is 68.3 Å². The van der Waals surface area contributed by atoms with Gasteiger partial charge in [-0.15, -0.1) is 0 Å². The maximum atomic E-state index is 13.2. The highest BCUT2D eigenvalue weighted by Gasteiger charge is 2.29. The summed E-state index contributed by atoms with van der Waals surface area (Å²) in [5, 5.41) is 1.95. The standard InChI is InChI=1S/C24H28N2O5S/c1-29-22-16-24(31-3)23(30-2)15-20(22)17-25-10-12-26(13-11-25)32(27,28)21-9-8-18-6-4-5-7-19(18)14-21/h4-9,14-16H,10-13,17H2,1-3H3. The van der Waals surface area contributed by atoms with Gasteiger partial charge in [0.15, 0.2) is 11.5 Å². The lowest BCUT2D eigenvalue weighted by atomic mass is 10.1. The molecule has 32 heavy (non-hydrogen) atoms. The van der Waals surface area contributed by atoms with Crippen molar-refractivity contribution in [1.82, 2.24) is 9.21 Å². The molecule has 1 heterocycles. The van der Waals surface area contributed by atoms with Crippen molar-refractivity contribution in [3.05, 3.63) is 60.2 Å². The molecule has 0 saturated carbocycles. The molecule has 4 rings (SSSR count). The van der Waals surface area contributed by atoms with Gasteiger partial charge in [-0.05, 0) is 29.0 Å². The number of benzene rings is 3. The van der Waals surface area contributed by atoms with Gasteiger partial charge in [-0.3, -0.25) is 4.90 Å². The van der Waals surface area contributed by atoms with E-state index in [9.17, 15) is 8.42 Å². The van der Waals surface area contributed by atoms with Crippen LogP contribution in [0.25, 0.3) is 10.8 Å². The molecule has 1 aliphatic rings. The molecule has 1 fully saturated rings. The van der Waals surface area contributed by atoms with Crippen LogP contribution in [0.4, 0.5) is 0 Å². The predicted octanol–water partition coefficient (Wildman–Crippen LogP) is 3.37. The quantitative estimate of drug-likeness (QED) is 0.543. The number of methoxy groups -OCH3 is 3. The SMILES string of the molecule is COc1cc(OC)c(OC)cc1CN1CCN(S(=O)(=O)c2ccc3ccccc3c2)CC1. The van der Waals surface area contributed by atoms with Gasteiger partial charge in [0.25, 0.3) is 0 Å². The highest BCUT2D eigenvalue weighted by atomic mass is 32.2. The van der Waals surface area contributed by atoms with Gasteiger partial charge in [0, 0.05) is 44.4 Å². The third-order valence-corrected chi connectivity index (χ3v) is 7.77. The summed E-state index contributed by atoms with van der Waals surface area (Å²) in [4.78, 5) is 2.56. The number of hydrogen-bond acceptors (Lipinski definition) is 6. The Morgan fingerprint density at radius 2 is 1.38 bits per heavy atom. The van der Waals surface area contributed by atoms with Crippen molar-refractivity contribution < 1.29 is 22.6 Å². The zero-order valence-electron chi connectivity index (χ0n) is 18.6. The summed E-state index contributed by atoms with van der Waals surface area (Å²) >= 11 is 0. The van der Waals surface area contributed by atoms with Crippen LogP contribution in [0.5, 0.6) is 17.2 Å². The molecule has 170 valence electrons. The van der Waals surface area contributed by atoms with Crippen LogP contribution in [-0.2, 0) is 16.6 Å². The minimum Gasteiger partial charge on any atom is -0.496 e. The predicted molar refractivity (Wildman–Crippen MR) is 124 cm³/mol. The molecule has 0 aromatic heterocycles. The number of fused-ring (bicyclic) bond motifs is 1. The van der Waals surface area contributed by atoms with Crippen LogP contribution in [0.15, 0.2) is 59.5 Å². The van der Waals surface area contributed by atoms with Crippen molar-refractivity contribution in [2.75, 3.05) is 47.5 Å². The monoisotopic (exact) mass is 456 g/mol. The number of rotatable bonds is 7. The van der Waals surface area contributed by atoms with Crippen molar-refractivity contribution in [3.8, 4) is 17.2 Å². The molecule has 0 spiro atoms. The van der Waals surface area contributed by atoms with E-state index in [2.05, 4.69) is 4.90 Å². The number of ether oxygens (including phenoxy) is 3. The van der Waals surface area contributed by atoms with E-state index in [1.54, 1.807) is 37.8 Å². The van der Waals surface area contributed by atoms with E-state index < -0.39 is 10.0 Å². The van der Waals surface area contributed by atoms with Crippen LogP contribution < -0.4 is 14.2 Å². The zero-order valence-corrected chi connectivity index (χ0v) is 19.4. The number of sulfonamides is 1. The van der Waals surface area contributed by atoms with E-state index in [0.717, 1.165) is 16.3 Å². The Hall–Kier alpha value is -2.81. The fraction of sp³-hybridized carbons (Fsp3) is 0.333. The van der Waals surface area contributed by atoms with Gasteiger partial charge in [-0.25, -0.2) is 8.42 Å². The van der Waals surface area contributed by atoms with Crippen LogP contribution in [0.2, 0.25) is 0 Å². The lowest BCUT2D eigenvalue weighted by Gasteiger charge is -2.34. The average molecular weight is 457 g/mol. The molecule has 0 radical (unpaired) electrons. The van der Waals surface area contributed by atoms with E-state index in [-0.39, 0.29) is 0 Å². The largest absolute Gasteiger partial charge is 0.496 e. The first kappa shape index (κ1) is 22.4. The van der Waals surface area contributed by atoms with Crippen LogP contribution in [0, 0.1) is 0 Å². The second-order valence-electron chi connectivity index (χ2n) is 7.71. The first-order valence-corrected chi connectivity index (χ1v) is 11.9. The van der Waals surface area contributed by atoms with Gasteiger partial charge in [0.2, 0.25) is 10.0 Å². The fourth-order valence-corrected chi connectivity index (χ4v) is 5.52. The van der Waals surface area contributed by atoms with Gasteiger partial charge < -0.3 is 14.2 Å². The Balaban J connectivity index is 1.47. The maximum Gasteiger partial charge on any atom is 0.243 e. The van der Waals surface area contributed by atoms with E-state index >= 15 is 0 Å². The Labute approximate surface area is 189 Å². The zero-order chi connectivity index (χ0) is 22.7. The molecule has 7 nitrogen and oxygen atoms in total. The van der Waals surface area contributed by atoms with Crippen LogP contribution in [0.1, 0.15) is 5.56 Å². The molecular weight excluding hydrogens is 428 g/mol. The summed E-state index contributed by atoms with van der Waals surface area (Å²) < 4.78 is 44.3. The van der Waals surface area contributed by atoms with E-state index in [4.69, 9.17) is 14.2 Å². The molecule has 0 amide bonds. The summed E-state index contributed by atoms with van der Waals surface area (Å²) in [6.45, 7) is 2.76. The maximum absolute atomic E-state index is 13.2. The molecule has 0 atom stereocenters. The molecule has 0 N–H and O–H groups in total. The van der Waals surface area contributed by atoms with Crippen LogP contribution >= 0.6 is 0 Å². The van der Waals surface area contributed by atoms with Gasteiger partial charge in [-0.2, -0.15) is 4.31 Å². The summed E-state index contributed by atoms with van der Waals surface area (Å²) in [6.07, 6.45) is 0. The molecule has 0 aliphatic carbocycles. The Morgan fingerprint density at radius 1 is 0.750 bits per heavy atom. The lowest BCUT2D eigenvalue weighted by molar-refractivity contribution is 0.179. The summed E-state index contributed by atoms with van der Waals surface area (Å²) in [6, 6.07) is 16.8. The summed E-state index contributed by atoms with van der Waals surface area (Å²) in [7, 11) is 1.28. The highest BCUT2D eigenvalue weighted by molar-refractivity contribution is 7.89. The van der Waals surface area contributed by atoms with Crippen molar-refractivity contribution in [1.29, 1.82) is 0 Å². The molecule has 3 aromatic carbocycles. The molecule has 8 heteroatoms. The molecule has 1 saturated heterocycles. The van der Waals surface area contributed by atoms with E-state index in [0.29, 0.717) is 54.9 Å². The van der Waals surface area contributed by atoms with Crippen molar-refractivity contribution in [3.63, 3.8) is 0 Å². The Morgan fingerprint density at radius 3 is 2.03 bits per heavy atom. The molecule has 1 aliphatic heterocycles. The second-order valence-corrected chi connectivity index (χ2v) is 9.65. The summed E-state index contributed by atoms with van der Waals surface area (Å²) in [5.74, 6) is 1.97. The van der Waals surface area contributed by atoms with E-state index in [1.807, 2.05) is 42.5 Å². The Kier molecular flexibility index (Phi) is 6.55. The minimum absolute atomic E-state index is 0.339. The molecule has 3 aromatic rings. The van der Waals surface area contributed by atoms with Crippen molar-refractivity contribution in [2.24, 2.45) is 0 Å². The van der Waals surface area contributed by atoms with Gasteiger partial charge in [0.1, 0.15) is 5.75 Å². The first-order chi connectivity index (χ1) is 15.5. The van der Waals surface area contributed by atoms with Crippen molar-refractivity contribution >= 4 is 20.8 Å². The normalized spacial score (nSPS) is 15.6. The Bertz CT molecular complexity index is 1200. The second kappa shape index (κ2) is 9.36. The summed E-state index contributed by atoms with van der Waals surface area (Å²) in [5.41, 5.74) is 0.969. The minimum atomic E-state index is -3.54.